The molecule has 2 heterocycles. The SMILES string of the molecule is CCN(CCc1ccncc1)C(=O)c1c[nH]c2ccccc12. The molecule has 0 atom stereocenters. The summed E-state index contributed by atoms with van der Waals surface area (Å²) >= 11 is 0. The number of carbonyl (C=O) groups is 1. The van der Waals surface area contributed by atoms with Gasteiger partial charge in [0, 0.05) is 42.6 Å². The van der Waals surface area contributed by atoms with Crippen molar-refractivity contribution in [2.75, 3.05) is 13.1 Å². The highest BCUT2D eigenvalue weighted by molar-refractivity contribution is 6.06. The van der Waals surface area contributed by atoms with Crippen LogP contribution in [0.1, 0.15) is 22.8 Å². The zero-order valence-corrected chi connectivity index (χ0v) is 12.6. The van der Waals surface area contributed by atoms with Crippen molar-refractivity contribution in [1.82, 2.24) is 14.9 Å². The second kappa shape index (κ2) is 6.43. The lowest BCUT2D eigenvalue weighted by Gasteiger charge is -2.20. The Morgan fingerprint density at radius 1 is 1.18 bits per heavy atom. The lowest BCUT2D eigenvalue weighted by Crippen LogP contribution is -2.32. The zero-order valence-electron chi connectivity index (χ0n) is 12.6. The molecule has 3 aromatic rings. The van der Waals surface area contributed by atoms with E-state index in [1.54, 1.807) is 12.4 Å². The molecular weight excluding hydrogens is 274 g/mol. The van der Waals surface area contributed by atoms with Gasteiger partial charge >= 0.3 is 0 Å². The van der Waals surface area contributed by atoms with Gasteiger partial charge < -0.3 is 9.88 Å². The molecule has 0 radical (unpaired) electrons. The molecule has 22 heavy (non-hydrogen) atoms. The summed E-state index contributed by atoms with van der Waals surface area (Å²) < 4.78 is 0. The van der Waals surface area contributed by atoms with Gasteiger partial charge in [0.1, 0.15) is 0 Å². The van der Waals surface area contributed by atoms with Crippen molar-refractivity contribution in [3.63, 3.8) is 0 Å². The second-order valence-corrected chi connectivity index (χ2v) is 5.24. The Balaban J connectivity index is 1.77. The van der Waals surface area contributed by atoms with Crippen LogP contribution >= 0.6 is 0 Å². The van der Waals surface area contributed by atoms with Crippen molar-refractivity contribution in [2.24, 2.45) is 0 Å². The molecule has 0 fully saturated rings. The van der Waals surface area contributed by atoms with E-state index in [1.807, 2.05) is 54.4 Å². The summed E-state index contributed by atoms with van der Waals surface area (Å²) in [5.74, 6) is 0.0778. The predicted molar refractivity (Wildman–Crippen MR) is 87.8 cm³/mol. The number of hydrogen-bond acceptors (Lipinski definition) is 2. The first-order chi connectivity index (χ1) is 10.8. The molecule has 1 N–H and O–H groups in total. The van der Waals surface area contributed by atoms with Gasteiger partial charge in [-0.2, -0.15) is 0 Å². The van der Waals surface area contributed by atoms with Gasteiger partial charge in [-0.3, -0.25) is 9.78 Å². The number of nitrogens with zero attached hydrogens (tertiary/aromatic N) is 2. The lowest BCUT2D eigenvalue weighted by atomic mass is 10.1. The number of nitrogens with one attached hydrogen (secondary N) is 1. The number of aromatic nitrogens is 2. The Hall–Kier alpha value is -2.62. The number of pyridine rings is 1. The van der Waals surface area contributed by atoms with Crippen LogP contribution in [0.25, 0.3) is 10.9 Å². The number of para-hydroxylation sites is 1. The number of amides is 1. The molecule has 0 aliphatic heterocycles. The van der Waals surface area contributed by atoms with Crippen molar-refractivity contribution < 1.29 is 4.79 Å². The molecule has 112 valence electrons. The topological polar surface area (TPSA) is 49.0 Å². The average Bonchev–Trinajstić information content (AvgIpc) is 3.00. The van der Waals surface area contributed by atoms with Crippen molar-refractivity contribution in [2.45, 2.75) is 13.3 Å². The molecule has 0 bridgehead atoms. The molecule has 0 spiro atoms. The van der Waals surface area contributed by atoms with Crippen LogP contribution in [0, 0.1) is 0 Å². The Morgan fingerprint density at radius 2 is 1.95 bits per heavy atom. The van der Waals surface area contributed by atoms with Crippen molar-refractivity contribution in [3.8, 4) is 0 Å². The third-order valence-corrected chi connectivity index (χ3v) is 3.91. The Bertz CT molecular complexity index is 764. The molecule has 0 saturated heterocycles. The van der Waals surface area contributed by atoms with Gasteiger partial charge in [0.15, 0.2) is 0 Å². The number of fused-ring (bicyclic) bond motifs is 1. The van der Waals surface area contributed by atoms with E-state index in [0.717, 1.165) is 22.9 Å². The van der Waals surface area contributed by atoms with E-state index in [-0.39, 0.29) is 5.91 Å². The Morgan fingerprint density at radius 3 is 2.73 bits per heavy atom. The highest BCUT2D eigenvalue weighted by atomic mass is 16.2. The molecule has 4 heteroatoms. The molecule has 0 saturated carbocycles. The fourth-order valence-corrected chi connectivity index (χ4v) is 2.64. The first-order valence-corrected chi connectivity index (χ1v) is 7.54. The Kier molecular flexibility index (Phi) is 4.19. The minimum Gasteiger partial charge on any atom is -0.360 e. The molecule has 2 aromatic heterocycles. The van der Waals surface area contributed by atoms with Gasteiger partial charge in [-0.05, 0) is 37.1 Å². The van der Waals surface area contributed by atoms with E-state index in [2.05, 4.69) is 9.97 Å². The molecule has 0 aliphatic carbocycles. The molecule has 4 nitrogen and oxygen atoms in total. The maximum absolute atomic E-state index is 12.8. The summed E-state index contributed by atoms with van der Waals surface area (Å²) in [6, 6.07) is 11.9. The van der Waals surface area contributed by atoms with Gasteiger partial charge in [0.05, 0.1) is 5.56 Å². The van der Waals surface area contributed by atoms with Crippen LogP contribution < -0.4 is 0 Å². The summed E-state index contributed by atoms with van der Waals surface area (Å²) in [6.45, 7) is 3.42. The fourth-order valence-electron chi connectivity index (χ4n) is 2.64. The number of hydrogen-bond donors (Lipinski definition) is 1. The first-order valence-electron chi connectivity index (χ1n) is 7.54. The van der Waals surface area contributed by atoms with Crippen molar-refractivity contribution in [3.05, 3.63) is 66.1 Å². The minimum absolute atomic E-state index is 0.0778. The van der Waals surface area contributed by atoms with Crippen LogP contribution in [0.2, 0.25) is 0 Å². The summed E-state index contributed by atoms with van der Waals surface area (Å²) in [7, 11) is 0. The minimum atomic E-state index is 0.0778. The predicted octanol–water partition coefficient (Wildman–Crippen LogP) is 3.27. The van der Waals surface area contributed by atoms with E-state index in [4.69, 9.17) is 0 Å². The van der Waals surface area contributed by atoms with Gasteiger partial charge in [-0.15, -0.1) is 0 Å². The number of rotatable bonds is 5. The lowest BCUT2D eigenvalue weighted by molar-refractivity contribution is 0.0768. The maximum atomic E-state index is 12.8. The number of aromatic amines is 1. The quantitative estimate of drug-likeness (QED) is 0.785. The highest BCUT2D eigenvalue weighted by Crippen LogP contribution is 2.19. The molecule has 0 unspecified atom stereocenters. The zero-order chi connectivity index (χ0) is 15.4. The second-order valence-electron chi connectivity index (χ2n) is 5.24. The van der Waals surface area contributed by atoms with Crippen LogP contribution in [-0.4, -0.2) is 33.9 Å². The number of likely N-dealkylation sites (N-methyl/N-ethyl adjacent to an activating group) is 1. The third kappa shape index (κ3) is 2.86. The highest BCUT2D eigenvalue weighted by Gasteiger charge is 2.17. The maximum Gasteiger partial charge on any atom is 0.256 e. The summed E-state index contributed by atoms with van der Waals surface area (Å²) in [5.41, 5.74) is 2.93. The summed E-state index contributed by atoms with van der Waals surface area (Å²) in [6.07, 6.45) is 6.22. The van der Waals surface area contributed by atoms with Crippen LogP contribution in [0.15, 0.2) is 55.0 Å². The van der Waals surface area contributed by atoms with Crippen LogP contribution in [0.4, 0.5) is 0 Å². The van der Waals surface area contributed by atoms with E-state index >= 15 is 0 Å². The van der Waals surface area contributed by atoms with Crippen molar-refractivity contribution in [1.29, 1.82) is 0 Å². The van der Waals surface area contributed by atoms with Gasteiger partial charge in [-0.1, -0.05) is 18.2 Å². The molecular formula is C18H19N3O. The number of benzene rings is 1. The normalized spacial score (nSPS) is 10.8. The first kappa shape index (κ1) is 14.3. The summed E-state index contributed by atoms with van der Waals surface area (Å²) in [4.78, 5) is 21.8. The molecule has 1 amide bonds. The van der Waals surface area contributed by atoms with Crippen LogP contribution in [0.5, 0.6) is 0 Å². The van der Waals surface area contributed by atoms with Gasteiger partial charge in [-0.25, -0.2) is 0 Å². The van der Waals surface area contributed by atoms with Gasteiger partial charge in [0.2, 0.25) is 0 Å². The smallest absolute Gasteiger partial charge is 0.256 e. The molecule has 0 aliphatic rings. The van der Waals surface area contributed by atoms with E-state index in [9.17, 15) is 4.79 Å². The van der Waals surface area contributed by atoms with Gasteiger partial charge in [0.25, 0.3) is 5.91 Å². The van der Waals surface area contributed by atoms with E-state index in [1.165, 1.54) is 5.56 Å². The monoisotopic (exact) mass is 293 g/mol. The van der Waals surface area contributed by atoms with Crippen LogP contribution in [-0.2, 0) is 6.42 Å². The Labute approximate surface area is 129 Å². The van der Waals surface area contributed by atoms with Crippen molar-refractivity contribution >= 4 is 16.8 Å². The largest absolute Gasteiger partial charge is 0.360 e. The summed E-state index contributed by atoms with van der Waals surface area (Å²) in [5, 5.41) is 0.981. The standard InChI is InChI=1S/C18H19N3O/c1-2-21(12-9-14-7-10-19-11-8-14)18(22)16-13-20-17-6-4-3-5-15(16)17/h3-8,10-11,13,20H,2,9,12H2,1H3. The molecule has 1 aromatic carbocycles. The third-order valence-electron chi connectivity index (χ3n) is 3.91. The number of H-pyrrole nitrogens is 1. The number of carbonyl (C=O) groups excluding carboxylic acids is 1. The van der Waals surface area contributed by atoms with E-state index < -0.39 is 0 Å². The molecule has 3 rings (SSSR count). The fraction of sp³-hybridized carbons (Fsp3) is 0.222. The van der Waals surface area contributed by atoms with Crippen LogP contribution in [0.3, 0.4) is 0 Å². The average molecular weight is 293 g/mol. The van der Waals surface area contributed by atoms with E-state index in [0.29, 0.717) is 13.1 Å².